The van der Waals surface area contributed by atoms with Crippen LogP contribution < -0.4 is 9.47 Å². The van der Waals surface area contributed by atoms with Crippen molar-refractivity contribution < 1.29 is 14.3 Å². The fourth-order valence-electron chi connectivity index (χ4n) is 2.32. The molecule has 3 rings (SSSR count). The van der Waals surface area contributed by atoms with Crippen LogP contribution in [0.4, 0.5) is 0 Å². The zero-order valence-corrected chi connectivity index (χ0v) is 14.2. The molecule has 6 heteroatoms. The van der Waals surface area contributed by atoms with Gasteiger partial charge in [-0.1, -0.05) is 30.0 Å². The van der Waals surface area contributed by atoms with Crippen LogP contribution in [0.3, 0.4) is 0 Å². The fourth-order valence-corrected chi connectivity index (χ4v) is 3.21. The van der Waals surface area contributed by atoms with Gasteiger partial charge < -0.3 is 9.47 Å². The van der Waals surface area contributed by atoms with Crippen molar-refractivity contribution in [2.75, 3.05) is 20.0 Å². The standard InChI is InChI=1S/C18H16N2O3S/c1-22-16-8-7-12(9-17(16)23-2)15(21)10-24-18-13-5-3-4-6-14(13)19-11-20-18/h3-9,11H,10H2,1-2H3. The zero-order chi connectivity index (χ0) is 16.9. The van der Waals surface area contributed by atoms with Gasteiger partial charge in [-0.25, -0.2) is 9.97 Å². The van der Waals surface area contributed by atoms with Gasteiger partial charge in [-0.2, -0.15) is 0 Å². The van der Waals surface area contributed by atoms with E-state index in [1.807, 2.05) is 24.3 Å². The predicted molar refractivity (Wildman–Crippen MR) is 94.1 cm³/mol. The van der Waals surface area contributed by atoms with Crippen molar-refractivity contribution in [3.05, 3.63) is 54.4 Å². The Balaban J connectivity index is 1.78. The monoisotopic (exact) mass is 340 g/mol. The molecule has 0 aliphatic heterocycles. The average Bonchev–Trinajstić information content (AvgIpc) is 2.65. The van der Waals surface area contributed by atoms with E-state index in [1.54, 1.807) is 32.4 Å². The first kappa shape index (κ1) is 16.3. The van der Waals surface area contributed by atoms with Gasteiger partial charge >= 0.3 is 0 Å². The van der Waals surface area contributed by atoms with E-state index < -0.39 is 0 Å². The first-order valence-corrected chi connectivity index (χ1v) is 8.29. The number of hydrogen-bond acceptors (Lipinski definition) is 6. The summed E-state index contributed by atoms with van der Waals surface area (Å²) in [6.45, 7) is 0. The van der Waals surface area contributed by atoms with Crippen LogP contribution in [0, 0.1) is 0 Å². The third-order valence-electron chi connectivity index (χ3n) is 3.55. The van der Waals surface area contributed by atoms with Crippen LogP contribution in [0.25, 0.3) is 10.9 Å². The molecule has 2 aromatic carbocycles. The molecular formula is C18H16N2O3S. The number of fused-ring (bicyclic) bond motifs is 1. The van der Waals surface area contributed by atoms with Crippen molar-refractivity contribution in [3.8, 4) is 11.5 Å². The largest absolute Gasteiger partial charge is 0.493 e. The Morgan fingerprint density at radius 1 is 1.04 bits per heavy atom. The van der Waals surface area contributed by atoms with E-state index in [-0.39, 0.29) is 11.5 Å². The number of nitrogens with zero attached hydrogens (tertiary/aromatic N) is 2. The molecule has 0 radical (unpaired) electrons. The molecule has 3 aromatic rings. The van der Waals surface area contributed by atoms with E-state index in [0.29, 0.717) is 17.1 Å². The third kappa shape index (κ3) is 3.33. The quantitative estimate of drug-likeness (QED) is 0.388. The molecule has 0 aliphatic rings. The summed E-state index contributed by atoms with van der Waals surface area (Å²) in [6.07, 6.45) is 1.52. The molecule has 0 N–H and O–H groups in total. The molecule has 5 nitrogen and oxygen atoms in total. The van der Waals surface area contributed by atoms with E-state index in [1.165, 1.54) is 18.1 Å². The van der Waals surface area contributed by atoms with E-state index >= 15 is 0 Å². The molecule has 0 bridgehead atoms. The minimum Gasteiger partial charge on any atom is -0.493 e. The van der Waals surface area contributed by atoms with Crippen LogP contribution in [0.5, 0.6) is 11.5 Å². The number of aromatic nitrogens is 2. The summed E-state index contributed by atoms with van der Waals surface area (Å²) in [6, 6.07) is 12.9. The summed E-state index contributed by atoms with van der Waals surface area (Å²) >= 11 is 1.40. The van der Waals surface area contributed by atoms with Crippen LogP contribution in [0.15, 0.2) is 53.8 Å². The Morgan fingerprint density at radius 3 is 2.62 bits per heavy atom. The average molecular weight is 340 g/mol. The minimum atomic E-state index is 0.00338. The second-order valence-electron chi connectivity index (χ2n) is 4.98. The van der Waals surface area contributed by atoms with Gasteiger partial charge in [0.1, 0.15) is 11.4 Å². The number of para-hydroxylation sites is 1. The molecule has 0 spiro atoms. The summed E-state index contributed by atoms with van der Waals surface area (Å²) in [5.74, 6) is 1.43. The number of rotatable bonds is 6. The smallest absolute Gasteiger partial charge is 0.173 e. The lowest BCUT2D eigenvalue weighted by molar-refractivity contribution is 0.102. The maximum Gasteiger partial charge on any atom is 0.173 e. The van der Waals surface area contributed by atoms with Crippen LogP contribution in [-0.4, -0.2) is 35.7 Å². The van der Waals surface area contributed by atoms with Gasteiger partial charge in [0.05, 0.1) is 25.5 Å². The van der Waals surface area contributed by atoms with Crippen molar-refractivity contribution >= 4 is 28.4 Å². The molecule has 0 aliphatic carbocycles. The fraction of sp³-hybridized carbons (Fsp3) is 0.167. The van der Waals surface area contributed by atoms with Crippen molar-refractivity contribution in [3.63, 3.8) is 0 Å². The highest BCUT2D eigenvalue weighted by Gasteiger charge is 2.12. The van der Waals surface area contributed by atoms with E-state index in [4.69, 9.17) is 9.47 Å². The summed E-state index contributed by atoms with van der Waals surface area (Å²) in [4.78, 5) is 21.0. The maximum atomic E-state index is 12.5. The number of benzene rings is 2. The lowest BCUT2D eigenvalue weighted by Gasteiger charge is -2.09. The highest BCUT2D eigenvalue weighted by atomic mass is 32.2. The van der Waals surface area contributed by atoms with Crippen molar-refractivity contribution in [2.24, 2.45) is 0 Å². The highest BCUT2D eigenvalue weighted by Crippen LogP contribution is 2.29. The number of methoxy groups -OCH3 is 2. The zero-order valence-electron chi connectivity index (χ0n) is 13.4. The number of carbonyl (C=O) groups is 1. The SMILES string of the molecule is COc1ccc(C(=O)CSc2ncnc3ccccc23)cc1OC. The molecule has 0 saturated heterocycles. The Morgan fingerprint density at radius 2 is 1.83 bits per heavy atom. The van der Waals surface area contributed by atoms with Gasteiger partial charge in [0, 0.05) is 10.9 Å². The van der Waals surface area contributed by atoms with E-state index in [2.05, 4.69) is 9.97 Å². The number of ketones is 1. The summed E-state index contributed by atoms with van der Waals surface area (Å²) < 4.78 is 10.4. The van der Waals surface area contributed by atoms with Crippen LogP contribution in [-0.2, 0) is 0 Å². The molecule has 122 valence electrons. The third-order valence-corrected chi connectivity index (χ3v) is 4.56. The molecule has 0 atom stereocenters. The summed E-state index contributed by atoms with van der Waals surface area (Å²) in [5.41, 5.74) is 1.45. The number of carbonyl (C=O) groups excluding carboxylic acids is 1. The molecule has 0 fully saturated rings. The first-order valence-electron chi connectivity index (χ1n) is 7.30. The van der Waals surface area contributed by atoms with Gasteiger partial charge in [0.2, 0.25) is 0 Å². The van der Waals surface area contributed by atoms with Crippen molar-refractivity contribution in [1.82, 2.24) is 9.97 Å². The number of hydrogen-bond donors (Lipinski definition) is 0. The Bertz CT molecular complexity index is 878. The normalized spacial score (nSPS) is 10.6. The van der Waals surface area contributed by atoms with Crippen LogP contribution in [0.1, 0.15) is 10.4 Å². The number of Topliss-reactive ketones (excluding diaryl/α,β-unsaturated/α-hetero) is 1. The molecule has 24 heavy (non-hydrogen) atoms. The number of thioether (sulfide) groups is 1. The molecule has 1 heterocycles. The van der Waals surface area contributed by atoms with E-state index in [0.717, 1.165) is 15.9 Å². The Kier molecular flexibility index (Phi) is 4.96. The first-order chi connectivity index (χ1) is 11.7. The number of ether oxygens (including phenoxy) is 2. The van der Waals surface area contributed by atoms with Gasteiger partial charge in [0.25, 0.3) is 0 Å². The van der Waals surface area contributed by atoms with Crippen LogP contribution >= 0.6 is 11.8 Å². The Hall–Kier alpha value is -2.60. The predicted octanol–water partition coefficient (Wildman–Crippen LogP) is 3.62. The molecular weight excluding hydrogens is 324 g/mol. The van der Waals surface area contributed by atoms with Crippen molar-refractivity contribution in [2.45, 2.75) is 5.03 Å². The molecule has 0 saturated carbocycles. The summed E-state index contributed by atoms with van der Waals surface area (Å²) in [7, 11) is 3.11. The Labute approximate surface area is 144 Å². The summed E-state index contributed by atoms with van der Waals surface area (Å²) in [5, 5.41) is 1.75. The molecule has 0 amide bonds. The van der Waals surface area contributed by atoms with E-state index in [9.17, 15) is 4.79 Å². The molecule has 0 unspecified atom stereocenters. The lowest BCUT2D eigenvalue weighted by atomic mass is 10.1. The van der Waals surface area contributed by atoms with Gasteiger partial charge in [-0.05, 0) is 24.3 Å². The topological polar surface area (TPSA) is 61.3 Å². The minimum absolute atomic E-state index is 0.00338. The van der Waals surface area contributed by atoms with Gasteiger partial charge in [0.15, 0.2) is 17.3 Å². The molecule has 1 aromatic heterocycles. The van der Waals surface area contributed by atoms with Crippen molar-refractivity contribution in [1.29, 1.82) is 0 Å². The lowest BCUT2D eigenvalue weighted by Crippen LogP contribution is -2.04. The van der Waals surface area contributed by atoms with Gasteiger partial charge in [-0.3, -0.25) is 4.79 Å². The second-order valence-corrected chi connectivity index (χ2v) is 5.94. The maximum absolute atomic E-state index is 12.5. The van der Waals surface area contributed by atoms with Gasteiger partial charge in [-0.15, -0.1) is 0 Å². The highest BCUT2D eigenvalue weighted by molar-refractivity contribution is 8.00. The van der Waals surface area contributed by atoms with Crippen LogP contribution in [0.2, 0.25) is 0 Å². The second kappa shape index (κ2) is 7.31.